The van der Waals surface area contributed by atoms with Crippen molar-refractivity contribution in [1.29, 1.82) is 0 Å². The summed E-state index contributed by atoms with van der Waals surface area (Å²) in [5.74, 6) is -0.102. The Morgan fingerprint density at radius 2 is 1.84 bits per heavy atom. The van der Waals surface area contributed by atoms with Crippen LogP contribution in [0.3, 0.4) is 0 Å². The van der Waals surface area contributed by atoms with E-state index in [-0.39, 0.29) is 36.1 Å². The van der Waals surface area contributed by atoms with Gasteiger partial charge in [0.15, 0.2) is 9.84 Å². The van der Waals surface area contributed by atoms with E-state index in [0.717, 1.165) is 44.0 Å². The molecule has 2 heterocycles. The smallest absolute Gasteiger partial charge is 0.242 e. The number of nitrogens with zero attached hydrogens (tertiary/aromatic N) is 3. The molecule has 174 valence electrons. The summed E-state index contributed by atoms with van der Waals surface area (Å²) in [6.45, 7) is 1.04. The second kappa shape index (κ2) is 9.60. The summed E-state index contributed by atoms with van der Waals surface area (Å²) >= 11 is 0. The van der Waals surface area contributed by atoms with Crippen LogP contribution >= 0.6 is 0 Å². The third-order valence-corrected chi connectivity index (χ3v) is 7.30. The molecule has 2 fully saturated rings. The minimum absolute atomic E-state index is 0.0162. The van der Waals surface area contributed by atoms with Gasteiger partial charge in [-0.15, -0.1) is 0 Å². The van der Waals surface area contributed by atoms with Crippen molar-refractivity contribution in [3.8, 4) is 0 Å². The van der Waals surface area contributed by atoms with Crippen LogP contribution in [0.5, 0.6) is 0 Å². The molecule has 1 aliphatic carbocycles. The number of piperidine rings is 1. The number of imidazole rings is 1. The van der Waals surface area contributed by atoms with Crippen LogP contribution in [0.15, 0.2) is 24.3 Å². The van der Waals surface area contributed by atoms with Gasteiger partial charge in [0.05, 0.1) is 17.0 Å². The number of amides is 2. The lowest BCUT2D eigenvalue weighted by atomic mass is 9.93. The zero-order valence-corrected chi connectivity index (χ0v) is 19.4. The maximum atomic E-state index is 13.2. The van der Waals surface area contributed by atoms with Gasteiger partial charge in [0.2, 0.25) is 11.8 Å². The molecule has 9 heteroatoms. The van der Waals surface area contributed by atoms with Crippen LogP contribution in [-0.4, -0.2) is 60.1 Å². The van der Waals surface area contributed by atoms with Gasteiger partial charge in [-0.3, -0.25) is 9.59 Å². The summed E-state index contributed by atoms with van der Waals surface area (Å²) in [7, 11) is -3.30. The Morgan fingerprint density at radius 3 is 2.59 bits per heavy atom. The van der Waals surface area contributed by atoms with Crippen LogP contribution in [0.25, 0.3) is 11.0 Å². The van der Waals surface area contributed by atoms with Crippen molar-refractivity contribution in [3.63, 3.8) is 0 Å². The average Bonchev–Trinajstić information content (AvgIpc) is 3.10. The van der Waals surface area contributed by atoms with Crippen LogP contribution in [-0.2, 0) is 31.7 Å². The summed E-state index contributed by atoms with van der Waals surface area (Å²) in [6, 6.07) is 7.61. The molecule has 2 aliphatic rings. The van der Waals surface area contributed by atoms with Gasteiger partial charge >= 0.3 is 0 Å². The van der Waals surface area contributed by atoms with Gasteiger partial charge in [0.25, 0.3) is 0 Å². The number of likely N-dealkylation sites (tertiary alicyclic amines) is 1. The van der Waals surface area contributed by atoms with Crippen molar-refractivity contribution < 1.29 is 18.0 Å². The van der Waals surface area contributed by atoms with E-state index in [2.05, 4.69) is 10.3 Å². The van der Waals surface area contributed by atoms with Gasteiger partial charge in [0.1, 0.15) is 18.1 Å². The zero-order chi connectivity index (χ0) is 22.7. The Hall–Kier alpha value is -2.42. The van der Waals surface area contributed by atoms with Crippen molar-refractivity contribution in [2.24, 2.45) is 5.92 Å². The number of rotatable bonds is 6. The Labute approximate surface area is 189 Å². The highest BCUT2D eigenvalue weighted by molar-refractivity contribution is 7.89. The first kappa shape index (κ1) is 22.8. The number of fused-ring (bicyclic) bond motifs is 1. The molecule has 0 bridgehead atoms. The first-order valence-corrected chi connectivity index (χ1v) is 13.6. The molecule has 1 saturated carbocycles. The van der Waals surface area contributed by atoms with Crippen molar-refractivity contribution in [2.75, 3.05) is 19.3 Å². The molecule has 0 spiro atoms. The lowest BCUT2D eigenvalue weighted by molar-refractivity contribution is -0.136. The lowest BCUT2D eigenvalue weighted by Crippen LogP contribution is -2.48. The molecule has 1 unspecified atom stereocenters. The summed E-state index contributed by atoms with van der Waals surface area (Å²) in [5.41, 5.74) is 1.41. The third-order valence-electron chi connectivity index (χ3n) is 6.51. The molecule has 1 aliphatic heterocycles. The first-order valence-electron chi connectivity index (χ1n) is 11.5. The molecule has 4 rings (SSSR count). The van der Waals surface area contributed by atoms with Gasteiger partial charge in [0, 0.05) is 25.4 Å². The number of hydrogen-bond acceptors (Lipinski definition) is 5. The van der Waals surface area contributed by atoms with Crippen molar-refractivity contribution in [2.45, 2.75) is 63.3 Å². The van der Waals surface area contributed by atoms with E-state index in [1.54, 1.807) is 9.47 Å². The van der Waals surface area contributed by atoms with Gasteiger partial charge in [-0.1, -0.05) is 31.4 Å². The fourth-order valence-corrected chi connectivity index (χ4v) is 5.55. The summed E-state index contributed by atoms with van der Waals surface area (Å²) in [6.07, 6.45) is 8.38. The highest BCUT2D eigenvalue weighted by Crippen LogP contribution is 2.22. The number of carbonyl (C=O) groups is 2. The van der Waals surface area contributed by atoms with E-state index < -0.39 is 9.84 Å². The Bertz CT molecular complexity index is 1090. The summed E-state index contributed by atoms with van der Waals surface area (Å²) in [5, 5.41) is 3.19. The van der Waals surface area contributed by atoms with Gasteiger partial charge < -0.3 is 14.8 Å². The number of hydrogen-bond donors (Lipinski definition) is 1. The number of carbonyl (C=O) groups excluding carboxylic acids is 2. The van der Waals surface area contributed by atoms with E-state index in [0.29, 0.717) is 24.4 Å². The Morgan fingerprint density at radius 1 is 1.09 bits per heavy atom. The molecule has 2 aromatic rings. The number of para-hydroxylation sites is 2. The first-order chi connectivity index (χ1) is 15.3. The standard InChI is InChI=1S/C23H32N4O4S/c1-32(30,31)16-21-25-19-11-5-6-12-20(19)27(21)15-22(28)26-13-7-8-17(14-26)23(29)24-18-9-3-2-4-10-18/h5-6,11-12,17-18H,2-4,7-10,13-16H2,1H3,(H,24,29). The number of benzene rings is 1. The second-order valence-corrected chi connectivity index (χ2v) is 11.3. The molecule has 1 atom stereocenters. The normalized spacial score (nSPS) is 20.4. The van der Waals surface area contributed by atoms with E-state index in [1.807, 2.05) is 24.3 Å². The molecule has 1 aromatic heterocycles. The minimum Gasteiger partial charge on any atom is -0.353 e. The fraction of sp³-hybridized carbons (Fsp3) is 0.609. The fourth-order valence-electron chi connectivity index (χ4n) is 4.87. The van der Waals surface area contributed by atoms with Gasteiger partial charge in [-0.25, -0.2) is 13.4 Å². The molecule has 1 aromatic carbocycles. The van der Waals surface area contributed by atoms with Crippen molar-refractivity contribution in [3.05, 3.63) is 30.1 Å². The van der Waals surface area contributed by atoms with Crippen LogP contribution in [0.2, 0.25) is 0 Å². The van der Waals surface area contributed by atoms with Gasteiger partial charge in [-0.05, 0) is 37.8 Å². The molecule has 32 heavy (non-hydrogen) atoms. The number of sulfone groups is 1. The maximum Gasteiger partial charge on any atom is 0.242 e. The van der Waals surface area contributed by atoms with E-state index >= 15 is 0 Å². The van der Waals surface area contributed by atoms with Crippen LogP contribution < -0.4 is 5.32 Å². The molecule has 1 saturated heterocycles. The lowest BCUT2D eigenvalue weighted by Gasteiger charge is -2.33. The predicted octanol–water partition coefficient (Wildman–Crippen LogP) is 2.27. The topological polar surface area (TPSA) is 101 Å². The van der Waals surface area contributed by atoms with Crippen LogP contribution in [0.1, 0.15) is 50.8 Å². The highest BCUT2D eigenvalue weighted by Gasteiger charge is 2.30. The zero-order valence-electron chi connectivity index (χ0n) is 18.6. The maximum absolute atomic E-state index is 13.2. The number of nitrogens with one attached hydrogen (secondary N) is 1. The van der Waals surface area contributed by atoms with E-state index in [1.165, 1.54) is 12.7 Å². The second-order valence-electron chi connectivity index (χ2n) is 9.20. The molecule has 2 amide bonds. The monoisotopic (exact) mass is 460 g/mol. The van der Waals surface area contributed by atoms with Crippen LogP contribution in [0, 0.1) is 5.92 Å². The quantitative estimate of drug-likeness (QED) is 0.713. The Kier molecular flexibility index (Phi) is 6.83. The van der Waals surface area contributed by atoms with Crippen LogP contribution in [0.4, 0.5) is 0 Å². The minimum atomic E-state index is -3.30. The Balaban J connectivity index is 1.46. The van der Waals surface area contributed by atoms with Gasteiger partial charge in [-0.2, -0.15) is 0 Å². The summed E-state index contributed by atoms with van der Waals surface area (Å²) in [4.78, 5) is 32.2. The third kappa shape index (κ3) is 5.49. The molecule has 1 N–H and O–H groups in total. The van der Waals surface area contributed by atoms with E-state index in [4.69, 9.17) is 0 Å². The largest absolute Gasteiger partial charge is 0.353 e. The molecular formula is C23H32N4O4S. The number of aromatic nitrogens is 2. The SMILES string of the molecule is CS(=O)(=O)Cc1nc2ccccc2n1CC(=O)N1CCCC(C(=O)NC2CCCCC2)C1. The molecule has 8 nitrogen and oxygen atoms in total. The predicted molar refractivity (Wildman–Crippen MR) is 123 cm³/mol. The highest BCUT2D eigenvalue weighted by atomic mass is 32.2. The van der Waals surface area contributed by atoms with Crippen molar-refractivity contribution in [1.82, 2.24) is 19.8 Å². The average molecular weight is 461 g/mol. The van der Waals surface area contributed by atoms with Crippen molar-refractivity contribution >= 4 is 32.7 Å². The molecular weight excluding hydrogens is 428 g/mol. The summed E-state index contributed by atoms with van der Waals surface area (Å²) < 4.78 is 25.5. The van der Waals surface area contributed by atoms with E-state index in [9.17, 15) is 18.0 Å². The molecule has 0 radical (unpaired) electrons.